The Morgan fingerprint density at radius 3 is 2.48 bits per heavy atom. The van der Waals surface area contributed by atoms with Gasteiger partial charge in [-0.15, -0.1) is 0 Å². The summed E-state index contributed by atoms with van der Waals surface area (Å²) in [4.78, 5) is 11.8. The van der Waals surface area contributed by atoms with Crippen LogP contribution in [0.4, 0.5) is 0 Å². The van der Waals surface area contributed by atoms with Crippen molar-refractivity contribution >= 4 is 21.8 Å². The van der Waals surface area contributed by atoms with Crippen molar-refractivity contribution in [2.75, 3.05) is 21.3 Å². The molecule has 0 saturated carbocycles. The van der Waals surface area contributed by atoms with Crippen LogP contribution < -0.4 is 24.8 Å². The molecule has 9 heteroatoms. The maximum Gasteiger partial charge on any atom is 0.220 e. The minimum atomic E-state index is -0.962. The number of hydrogen-bond donors (Lipinski definition) is 3. The Morgan fingerprint density at radius 1 is 1.30 bits per heavy atom. The lowest BCUT2D eigenvalue weighted by molar-refractivity contribution is -1.07. The topological polar surface area (TPSA) is 105 Å². The van der Waals surface area contributed by atoms with Crippen LogP contribution in [0.25, 0.3) is 0 Å². The van der Waals surface area contributed by atoms with Crippen molar-refractivity contribution in [3.8, 4) is 17.2 Å². The van der Waals surface area contributed by atoms with Crippen LogP contribution in [0, 0.1) is 5.21 Å². The first-order valence-corrected chi connectivity index (χ1v) is 7.74. The molecular weight excluding hydrogens is 372 g/mol. The number of halogens is 1. The van der Waals surface area contributed by atoms with Crippen molar-refractivity contribution in [3.63, 3.8) is 0 Å². The zero-order chi connectivity index (χ0) is 17.1. The molecule has 3 atom stereocenters. The van der Waals surface area contributed by atoms with Crippen molar-refractivity contribution in [2.45, 2.75) is 24.9 Å². The van der Waals surface area contributed by atoms with Gasteiger partial charge in [0.1, 0.15) is 12.1 Å². The number of amides is 1. The molecule has 23 heavy (non-hydrogen) atoms. The summed E-state index contributed by atoms with van der Waals surface area (Å²) in [6.45, 7) is 0. The zero-order valence-electron chi connectivity index (χ0n) is 13.0. The molecule has 0 aliphatic carbocycles. The van der Waals surface area contributed by atoms with Gasteiger partial charge in [-0.2, -0.15) is 0 Å². The summed E-state index contributed by atoms with van der Waals surface area (Å²) >= 11 is 3.42. The number of piperidine rings is 1. The minimum absolute atomic E-state index is 0.187. The van der Waals surface area contributed by atoms with Crippen LogP contribution in [0.15, 0.2) is 10.5 Å². The van der Waals surface area contributed by atoms with E-state index in [2.05, 4.69) is 21.2 Å². The second-order valence-corrected chi connectivity index (χ2v) is 5.87. The summed E-state index contributed by atoms with van der Waals surface area (Å²) in [5.41, 5.74) is 0.569. The lowest BCUT2D eigenvalue weighted by Crippen LogP contribution is -3.10. The maximum absolute atomic E-state index is 11.8. The first-order chi connectivity index (χ1) is 10.9. The third-order valence-corrected chi connectivity index (χ3v) is 4.67. The maximum atomic E-state index is 11.8. The highest BCUT2D eigenvalue weighted by Gasteiger charge is 2.37. The van der Waals surface area contributed by atoms with Gasteiger partial charge in [-0.3, -0.25) is 4.79 Å². The predicted octanol–water partition coefficient (Wildman–Crippen LogP) is 0.567. The molecule has 0 spiro atoms. The highest BCUT2D eigenvalue weighted by Crippen LogP contribution is 2.47. The monoisotopic (exact) mass is 390 g/mol. The number of rotatable bonds is 5. The van der Waals surface area contributed by atoms with Crippen molar-refractivity contribution < 1.29 is 29.4 Å². The number of benzene rings is 1. The Labute approximate surface area is 142 Å². The molecule has 0 aromatic heterocycles. The molecule has 1 amide bonds. The van der Waals surface area contributed by atoms with E-state index in [9.17, 15) is 15.2 Å². The van der Waals surface area contributed by atoms with Crippen LogP contribution in [0.5, 0.6) is 17.2 Å². The number of quaternary nitrogens is 1. The van der Waals surface area contributed by atoms with Crippen LogP contribution in [0.2, 0.25) is 0 Å². The van der Waals surface area contributed by atoms with E-state index in [0.29, 0.717) is 27.3 Å². The first kappa shape index (κ1) is 17.8. The van der Waals surface area contributed by atoms with Crippen LogP contribution in [-0.2, 0) is 4.79 Å². The van der Waals surface area contributed by atoms with Gasteiger partial charge in [-0.1, -0.05) is 0 Å². The molecule has 1 fully saturated rings. The SMILES string of the molecule is COc1cc([C@H]2NC(=O)CC[C@@H]2[NH+]([O-])O)c(Br)c(OC)c1OC. The van der Waals surface area contributed by atoms with E-state index in [1.54, 1.807) is 6.07 Å². The highest BCUT2D eigenvalue weighted by molar-refractivity contribution is 9.10. The Hall–Kier alpha value is -1.55. The summed E-state index contributed by atoms with van der Waals surface area (Å²) in [5.74, 6) is 0.977. The van der Waals surface area contributed by atoms with Gasteiger partial charge < -0.3 is 24.7 Å². The molecule has 1 aliphatic heterocycles. The van der Waals surface area contributed by atoms with Gasteiger partial charge in [0, 0.05) is 18.4 Å². The van der Waals surface area contributed by atoms with Gasteiger partial charge >= 0.3 is 0 Å². The van der Waals surface area contributed by atoms with Crippen LogP contribution in [0.3, 0.4) is 0 Å². The minimum Gasteiger partial charge on any atom is -0.600 e. The Kier molecular flexibility index (Phi) is 5.69. The predicted molar refractivity (Wildman–Crippen MR) is 83.8 cm³/mol. The second-order valence-electron chi connectivity index (χ2n) is 5.08. The number of carbonyl (C=O) groups excluding carboxylic acids is 1. The molecule has 2 rings (SSSR count). The van der Waals surface area contributed by atoms with E-state index in [-0.39, 0.29) is 18.7 Å². The van der Waals surface area contributed by atoms with Gasteiger partial charge in [0.15, 0.2) is 11.5 Å². The van der Waals surface area contributed by atoms with E-state index in [0.717, 1.165) is 0 Å². The van der Waals surface area contributed by atoms with E-state index >= 15 is 0 Å². The number of ether oxygens (including phenoxy) is 3. The Balaban J connectivity index is 2.58. The van der Waals surface area contributed by atoms with Crippen molar-refractivity contribution in [1.29, 1.82) is 0 Å². The van der Waals surface area contributed by atoms with Crippen molar-refractivity contribution in [3.05, 3.63) is 21.3 Å². The standard InChI is InChI=1S/C14H19BrN2O6/c1-21-9-6-7(11(15)14(23-3)13(9)22-2)12-8(17(19)20)4-5-10(18)16-12/h6,8,12,17,19H,4-5H2,1-3H3,(H,16,18)/t8-,12+/m0/s1. The third-order valence-electron chi connectivity index (χ3n) is 3.85. The second kappa shape index (κ2) is 7.35. The van der Waals surface area contributed by atoms with Gasteiger partial charge in [0.2, 0.25) is 11.7 Å². The van der Waals surface area contributed by atoms with Crippen LogP contribution >= 0.6 is 15.9 Å². The van der Waals surface area contributed by atoms with Crippen LogP contribution in [-0.4, -0.2) is 38.5 Å². The molecule has 0 radical (unpaired) electrons. The largest absolute Gasteiger partial charge is 0.600 e. The average molecular weight is 391 g/mol. The summed E-state index contributed by atoms with van der Waals surface area (Å²) in [6.07, 6.45) is 0.463. The summed E-state index contributed by atoms with van der Waals surface area (Å²) in [7, 11) is 4.43. The molecule has 1 saturated heterocycles. The Morgan fingerprint density at radius 2 is 1.96 bits per heavy atom. The van der Waals surface area contributed by atoms with Crippen LogP contribution in [0.1, 0.15) is 24.4 Å². The molecule has 0 bridgehead atoms. The molecule has 128 valence electrons. The lowest BCUT2D eigenvalue weighted by atomic mass is 9.92. The highest BCUT2D eigenvalue weighted by atomic mass is 79.9. The fourth-order valence-corrected chi connectivity index (χ4v) is 3.43. The van der Waals surface area contributed by atoms with Crippen molar-refractivity contribution in [2.24, 2.45) is 0 Å². The molecule has 1 aromatic carbocycles. The smallest absolute Gasteiger partial charge is 0.220 e. The molecule has 1 aliphatic rings. The molecule has 1 heterocycles. The molecular formula is C14H19BrN2O6. The molecule has 3 N–H and O–H groups in total. The van der Waals surface area contributed by atoms with E-state index in [1.165, 1.54) is 21.3 Å². The number of hydroxylamine groups is 2. The van der Waals surface area contributed by atoms with Gasteiger partial charge in [-0.25, -0.2) is 10.4 Å². The fourth-order valence-electron chi connectivity index (χ4n) is 2.73. The zero-order valence-corrected chi connectivity index (χ0v) is 14.6. The fraction of sp³-hybridized carbons (Fsp3) is 0.500. The van der Waals surface area contributed by atoms with Gasteiger partial charge in [-0.05, 0) is 22.0 Å². The van der Waals surface area contributed by atoms with E-state index < -0.39 is 17.3 Å². The average Bonchev–Trinajstić information content (AvgIpc) is 2.53. The van der Waals surface area contributed by atoms with Gasteiger partial charge in [0.05, 0.1) is 25.8 Å². The summed E-state index contributed by atoms with van der Waals surface area (Å²) in [6, 6.07) is 0.237. The first-order valence-electron chi connectivity index (χ1n) is 6.95. The Bertz CT molecular complexity index is 595. The number of carbonyl (C=O) groups is 1. The lowest BCUT2D eigenvalue weighted by Gasteiger charge is -2.36. The third kappa shape index (κ3) is 3.37. The summed E-state index contributed by atoms with van der Waals surface area (Å²) < 4.78 is 16.5. The molecule has 8 nitrogen and oxygen atoms in total. The number of nitrogens with one attached hydrogen (secondary N) is 2. The normalized spacial score (nSPS) is 22.3. The number of hydrogen-bond acceptors (Lipinski definition) is 6. The summed E-state index contributed by atoms with van der Waals surface area (Å²) in [5, 5.41) is 22.8. The number of methoxy groups -OCH3 is 3. The molecule has 1 unspecified atom stereocenters. The molecule has 1 aromatic rings. The van der Waals surface area contributed by atoms with E-state index in [4.69, 9.17) is 14.2 Å². The van der Waals surface area contributed by atoms with Gasteiger partial charge in [0.25, 0.3) is 0 Å². The van der Waals surface area contributed by atoms with E-state index in [1.807, 2.05) is 0 Å². The quantitative estimate of drug-likeness (QED) is 0.634. The van der Waals surface area contributed by atoms with Crippen molar-refractivity contribution in [1.82, 2.24) is 5.32 Å².